The minimum Gasteiger partial charge on any atom is -0.395 e. The van der Waals surface area contributed by atoms with Crippen molar-refractivity contribution in [3.8, 4) is 0 Å². The number of alkyl halides is 2. The lowest BCUT2D eigenvalue weighted by atomic mass is 10.1. The Hall–Kier alpha value is -2.28. The Balaban J connectivity index is 2.45. The SMILES string of the molecule is Nc1cc(C(=O)N(CCO)CC(F)F)c2ccccc2n1. The van der Waals surface area contributed by atoms with Gasteiger partial charge in [-0.3, -0.25) is 4.79 Å². The quantitative estimate of drug-likeness (QED) is 0.876. The number of anilines is 1. The van der Waals surface area contributed by atoms with Crippen LogP contribution in [0.25, 0.3) is 10.9 Å². The summed E-state index contributed by atoms with van der Waals surface area (Å²) in [7, 11) is 0. The van der Waals surface area contributed by atoms with Gasteiger partial charge in [-0.15, -0.1) is 0 Å². The summed E-state index contributed by atoms with van der Waals surface area (Å²) in [5.41, 5.74) is 6.38. The molecule has 0 saturated carbocycles. The molecule has 0 aliphatic heterocycles. The van der Waals surface area contributed by atoms with E-state index in [9.17, 15) is 13.6 Å². The van der Waals surface area contributed by atoms with Crippen molar-refractivity contribution < 1.29 is 18.7 Å². The maximum Gasteiger partial charge on any atom is 0.255 e. The van der Waals surface area contributed by atoms with E-state index in [1.54, 1.807) is 24.3 Å². The van der Waals surface area contributed by atoms with Gasteiger partial charge in [-0.2, -0.15) is 0 Å². The number of carbonyl (C=O) groups is 1. The van der Waals surface area contributed by atoms with E-state index in [1.165, 1.54) is 6.07 Å². The molecule has 0 unspecified atom stereocenters. The molecule has 0 bridgehead atoms. The second kappa shape index (κ2) is 6.45. The lowest BCUT2D eigenvalue weighted by Gasteiger charge is -2.22. The molecule has 5 nitrogen and oxygen atoms in total. The number of aliphatic hydroxyl groups excluding tert-OH is 1. The predicted octanol–water partition coefficient (Wildman–Crippen LogP) is 1.52. The average molecular weight is 295 g/mol. The molecule has 0 aliphatic rings. The fraction of sp³-hybridized carbons (Fsp3) is 0.286. The number of fused-ring (bicyclic) bond motifs is 1. The van der Waals surface area contributed by atoms with Crippen molar-refractivity contribution in [2.75, 3.05) is 25.4 Å². The Kier molecular flexibility index (Phi) is 4.64. The number of carbonyl (C=O) groups excluding carboxylic acids is 1. The van der Waals surface area contributed by atoms with Crippen molar-refractivity contribution in [3.05, 3.63) is 35.9 Å². The first-order valence-corrected chi connectivity index (χ1v) is 6.36. The van der Waals surface area contributed by atoms with Gasteiger partial charge in [-0.25, -0.2) is 13.8 Å². The summed E-state index contributed by atoms with van der Waals surface area (Å²) in [6.45, 7) is -1.30. The molecule has 0 aliphatic carbocycles. The van der Waals surface area contributed by atoms with E-state index in [1.807, 2.05) is 0 Å². The highest BCUT2D eigenvalue weighted by atomic mass is 19.3. The molecule has 1 amide bonds. The summed E-state index contributed by atoms with van der Waals surface area (Å²) in [5, 5.41) is 9.47. The number of halogens is 2. The van der Waals surface area contributed by atoms with Crippen molar-refractivity contribution in [1.29, 1.82) is 0 Å². The van der Waals surface area contributed by atoms with E-state index < -0.39 is 25.5 Å². The van der Waals surface area contributed by atoms with Crippen molar-refractivity contribution in [2.45, 2.75) is 6.43 Å². The molecule has 112 valence electrons. The van der Waals surface area contributed by atoms with Crippen LogP contribution in [-0.2, 0) is 0 Å². The number of nitrogen functional groups attached to an aromatic ring is 1. The van der Waals surface area contributed by atoms with Crippen LogP contribution in [0.15, 0.2) is 30.3 Å². The first kappa shape index (κ1) is 15.1. The van der Waals surface area contributed by atoms with E-state index in [4.69, 9.17) is 10.8 Å². The first-order valence-electron chi connectivity index (χ1n) is 6.36. The molecule has 0 spiro atoms. The van der Waals surface area contributed by atoms with Crippen LogP contribution < -0.4 is 5.73 Å². The van der Waals surface area contributed by atoms with Crippen molar-refractivity contribution in [3.63, 3.8) is 0 Å². The molecule has 1 aromatic heterocycles. The number of nitrogens with zero attached hydrogens (tertiary/aromatic N) is 2. The van der Waals surface area contributed by atoms with E-state index in [0.29, 0.717) is 10.9 Å². The Morgan fingerprint density at radius 2 is 2.10 bits per heavy atom. The minimum absolute atomic E-state index is 0.137. The number of para-hydroxylation sites is 1. The molecule has 3 N–H and O–H groups in total. The zero-order valence-electron chi connectivity index (χ0n) is 11.2. The van der Waals surface area contributed by atoms with Crippen LogP contribution in [0.5, 0.6) is 0 Å². The standard InChI is InChI=1S/C14H15F2N3O2/c15-12(16)8-19(5-6-20)14(21)10-7-13(17)18-11-4-2-1-3-9(10)11/h1-4,7,12,20H,5-6,8H2,(H2,17,18). The summed E-state index contributed by atoms with van der Waals surface area (Å²) in [5.74, 6) is -0.465. The summed E-state index contributed by atoms with van der Waals surface area (Å²) >= 11 is 0. The van der Waals surface area contributed by atoms with Crippen LogP contribution in [0.4, 0.5) is 14.6 Å². The summed E-state index contributed by atoms with van der Waals surface area (Å²) in [4.78, 5) is 17.4. The first-order chi connectivity index (χ1) is 10.0. The molecule has 21 heavy (non-hydrogen) atoms. The van der Waals surface area contributed by atoms with Gasteiger partial charge in [0, 0.05) is 11.9 Å². The van der Waals surface area contributed by atoms with Gasteiger partial charge in [-0.05, 0) is 12.1 Å². The van der Waals surface area contributed by atoms with Crippen LogP contribution in [0.3, 0.4) is 0 Å². The molecule has 0 atom stereocenters. The van der Waals surface area contributed by atoms with E-state index in [0.717, 1.165) is 4.90 Å². The maximum absolute atomic E-state index is 12.6. The number of amides is 1. The third-order valence-corrected chi connectivity index (χ3v) is 2.98. The monoisotopic (exact) mass is 295 g/mol. The van der Waals surface area contributed by atoms with E-state index in [-0.39, 0.29) is 17.9 Å². The molecule has 2 rings (SSSR count). The number of pyridine rings is 1. The van der Waals surface area contributed by atoms with Gasteiger partial charge in [0.15, 0.2) is 0 Å². The number of hydrogen-bond donors (Lipinski definition) is 2. The van der Waals surface area contributed by atoms with Crippen LogP contribution >= 0.6 is 0 Å². The number of aliphatic hydroxyl groups is 1. The molecule has 0 fully saturated rings. The normalized spacial score (nSPS) is 11.0. The number of aromatic nitrogens is 1. The van der Waals surface area contributed by atoms with Crippen LogP contribution in [0.2, 0.25) is 0 Å². The minimum atomic E-state index is -2.68. The maximum atomic E-state index is 12.6. The Labute approximate surface area is 120 Å². The van der Waals surface area contributed by atoms with Gasteiger partial charge in [0.05, 0.1) is 24.2 Å². The molecular weight excluding hydrogens is 280 g/mol. The summed E-state index contributed by atoms with van der Waals surface area (Å²) < 4.78 is 25.1. The van der Waals surface area contributed by atoms with Crippen LogP contribution in [-0.4, -0.2) is 47.0 Å². The second-order valence-electron chi connectivity index (χ2n) is 4.48. The molecule has 0 radical (unpaired) electrons. The predicted molar refractivity (Wildman–Crippen MR) is 75.1 cm³/mol. The topological polar surface area (TPSA) is 79.5 Å². The molecule has 7 heteroatoms. The number of hydrogen-bond acceptors (Lipinski definition) is 4. The largest absolute Gasteiger partial charge is 0.395 e. The average Bonchev–Trinajstić information content (AvgIpc) is 2.44. The fourth-order valence-electron chi connectivity index (χ4n) is 2.11. The van der Waals surface area contributed by atoms with Crippen molar-refractivity contribution in [2.24, 2.45) is 0 Å². The van der Waals surface area contributed by atoms with Gasteiger partial charge in [0.1, 0.15) is 5.82 Å². The number of rotatable bonds is 5. The number of benzene rings is 1. The fourth-order valence-corrected chi connectivity index (χ4v) is 2.11. The van der Waals surface area contributed by atoms with Crippen LogP contribution in [0, 0.1) is 0 Å². The summed E-state index contributed by atoms with van der Waals surface area (Å²) in [6.07, 6.45) is -2.68. The van der Waals surface area contributed by atoms with E-state index >= 15 is 0 Å². The lowest BCUT2D eigenvalue weighted by molar-refractivity contribution is 0.0511. The molecule has 0 saturated heterocycles. The lowest BCUT2D eigenvalue weighted by Crippen LogP contribution is -2.37. The van der Waals surface area contributed by atoms with E-state index in [2.05, 4.69) is 4.98 Å². The number of nitrogens with two attached hydrogens (primary N) is 1. The van der Waals surface area contributed by atoms with Crippen molar-refractivity contribution in [1.82, 2.24) is 9.88 Å². The molecule has 1 heterocycles. The smallest absolute Gasteiger partial charge is 0.255 e. The Morgan fingerprint density at radius 1 is 1.38 bits per heavy atom. The Morgan fingerprint density at radius 3 is 2.76 bits per heavy atom. The third-order valence-electron chi connectivity index (χ3n) is 2.98. The molecule has 1 aromatic carbocycles. The van der Waals surface area contributed by atoms with Gasteiger partial charge in [-0.1, -0.05) is 18.2 Å². The summed E-state index contributed by atoms with van der Waals surface area (Å²) in [6, 6.07) is 8.19. The van der Waals surface area contributed by atoms with Crippen molar-refractivity contribution >= 4 is 22.6 Å². The molecular formula is C14H15F2N3O2. The Bertz CT molecular complexity index is 649. The highest BCUT2D eigenvalue weighted by Crippen LogP contribution is 2.21. The third kappa shape index (κ3) is 3.43. The second-order valence-corrected chi connectivity index (χ2v) is 4.48. The van der Waals surface area contributed by atoms with Gasteiger partial charge >= 0.3 is 0 Å². The van der Waals surface area contributed by atoms with Crippen LogP contribution in [0.1, 0.15) is 10.4 Å². The van der Waals surface area contributed by atoms with Gasteiger partial charge in [0.25, 0.3) is 12.3 Å². The van der Waals surface area contributed by atoms with Gasteiger partial charge < -0.3 is 15.7 Å². The highest BCUT2D eigenvalue weighted by Gasteiger charge is 2.21. The highest BCUT2D eigenvalue weighted by molar-refractivity contribution is 6.06. The zero-order chi connectivity index (χ0) is 15.4. The molecule has 2 aromatic rings. The zero-order valence-corrected chi connectivity index (χ0v) is 11.2. The van der Waals surface area contributed by atoms with Gasteiger partial charge in [0.2, 0.25) is 0 Å².